The predicted molar refractivity (Wildman–Crippen MR) is 120 cm³/mol. The van der Waals surface area contributed by atoms with E-state index in [4.69, 9.17) is 4.98 Å². The third kappa shape index (κ3) is 3.17. The Hall–Kier alpha value is -3.51. The summed E-state index contributed by atoms with van der Waals surface area (Å²) in [5, 5.41) is 6.11. The van der Waals surface area contributed by atoms with Crippen molar-refractivity contribution in [1.82, 2.24) is 14.6 Å². The molecule has 5 rings (SSSR count). The first-order chi connectivity index (χ1) is 14.2. The van der Waals surface area contributed by atoms with Crippen LogP contribution in [0.1, 0.15) is 5.56 Å². The number of para-hydroxylation sites is 2. The van der Waals surface area contributed by atoms with E-state index in [0.717, 1.165) is 26.5 Å². The minimum Gasteiger partial charge on any atom is -0.361 e. The molecule has 0 radical (unpaired) electrons. The van der Waals surface area contributed by atoms with Gasteiger partial charge >= 0.3 is 0 Å². The van der Waals surface area contributed by atoms with Crippen LogP contribution in [-0.2, 0) is 0 Å². The summed E-state index contributed by atoms with van der Waals surface area (Å²) in [6, 6.07) is 23.0. The van der Waals surface area contributed by atoms with Crippen molar-refractivity contribution in [1.29, 1.82) is 0 Å². The molecule has 0 spiro atoms. The summed E-state index contributed by atoms with van der Waals surface area (Å²) in [6.07, 6.45) is 3.58. The van der Waals surface area contributed by atoms with Crippen molar-refractivity contribution >= 4 is 44.0 Å². The quantitative estimate of drug-likeness (QED) is 0.390. The number of nitrogens with zero attached hydrogens (tertiary/aromatic N) is 3. The summed E-state index contributed by atoms with van der Waals surface area (Å²) in [5.74, 6) is 0.497. The van der Waals surface area contributed by atoms with E-state index in [-0.39, 0.29) is 5.56 Å². The highest BCUT2D eigenvalue weighted by Crippen LogP contribution is 2.22. The van der Waals surface area contributed by atoms with Crippen molar-refractivity contribution in [3.05, 3.63) is 99.4 Å². The Bertz CT molecular complexity index is 1430. The molecule has 0 saturated heterocycles. The summed E-state index contributed by atoms with van der Waals surface area (Å²) in [4.78, 5) is 21.2. The van der Waals surface area contributed by atoms with Crippen LogP contribution in [0, 0.1) is 0 Å². The van der Waals surface area contributed by atoms with Gasteiger partial charge in [-0.2, -0.15) is 9.78 Å². The van der Waals surface area contributed by atoms with Gasteiger partial charge in [-0.15, -0.1) is 0 Å². The zero-order valence-corrected chi connectivity index (χ0v) is 16.8. The summed E-state index contributed by atoms with van der Waals surface area (Å²) >= 11 is 3.45. The fraction of sp³-hybridized carbons (Fsp3) is 0. The first kappa shape index (κ1) is 17.6. The number of fused-ring (bicyclic) bond motifs is 2. The number of nitrogens with one attached hydrogen (secondary N) is 1. The Balaban J connectivity index is 1.73. The first-order valence-electron chi connectivity index (χ1n) is 9.09. The number of halogens is 1. The van der Waals surface area contributed by atoms with Gasteiger partial charge in [0.2, 0.25) is 0 Å². The molecular weight excluding hydrogens is 428 g/mol. The van der Waals surface area contributed by atoms with Crippen molar-refractivity contribution in [3.8, 4) is 11.4 Å². The second-order valence-electron chi connectivity index (χ2n) is 6.61. The second-order valence-corrected chi connectivity index (χ2v) is 7.53. The van der Waals surface area contributed by atoms with Crippen LogP contribution >= 0.6 is 15.9 Å². The summed E-state index contributed by atoms with van der Waals surface area (Å²) < 4.78 is 2.33. The number of H-pyrrole nitrogens is 1. The molecule has 2 aromatic heterocycles. The maximum Gasteiger partial charge on any atom is 0.282 e. The maximum absolute atomic E-state index is 13.2. The zero-order valence-electron chi connectivity index (χ0n) is 15.2. The molecule has 140 valence electrons. The molecule has 0 aliphatic heterocycles. The van der Waals surface area contributed by atoms with Gasteiger partial charge in [0.25, 0.3) is 5.56 Å². The van der Waals surface area contributed by atoms with Crippen LogP contribution in [0.25, 0.3) is 33.2 Å². The Morgan fingerprint density at radius 2 is 1.66 bits per heavy atom. The number of aromatic amines is 1. The average Bonchev–Trinajstić information content (AvgIpc) is 3.17. The molecule has 6 heteroatoms. The van der Waals surface area contributed by atoms with Crippen molar-refractivity contribution in [2.75, 3.05) is 0 Å². The van der Waals surface area contributed by atoms with E-state index in [9.17, 15) is 4.79 Å². The Morgan fingerprint density at radius 1 is 0.931 bits per heavy atom. The molecule has 0 bridgehead atoms. The van der Waals surface area contributed by atoms with Gasteiger partial charge in [0, 0.05) is 32.7 Å². The van der Waals surface area contributed by atoms with Gasteiger partial charge in [0.05, 0.1) is 17.1 Å². The van der Waals surface area contributed by atoms with E-state index in [2.05, 4.69) is 26.0 Å². The molecule has 1 N–H and O–H groups in total. The largest absolute Gasteiger partial charge is 0.361 e. The fourth-order valence-corrected chi connectivity index (χ4v) is 3.60. The normalized spacial score (nSPS) is 11.6. The molecule has 0 unspecified atom stereocenters. The standard InChI is InChI=1S/C23H15BrN4O/c24-17-11-9-15(10-12-17)22-27-21-8-4-2-6-19(21)23(29)28(22)26-14-16-13-25-20-7-3-1-5-18(16)20/h1-14,25H/b26-14+. The summed E-state index contributed by atoms with van der Waals surface area (Å²) in [7, 11) is 0. The number of benzene rings is 3. The van der Waals surface area contributed by atoms with Crippen LogP contribution in [0.5, 0.6) is 0 Å². The summed E-state index contributed by atoms with van der Waals surface area (Å²) in [6.45, 7) is 0. The lowest BCUT2D eigenvalue weighted by Gasteiger charge is -2.09. The smallest absolute Gasteiger partial charge is 0.282 e. The lowest BCUT2D eigenvalue weighted by atomic mass is 10.2. The van der Waals surface area contributed by atoms with Crippen molar-refractivity contribution in [2.45, 2.75) is 0 Å². The molecule has 5 aromatic rings. The minimum absolute atomic E-state index is 0.204. The highest BCUT2D eigenvalue weighted by molar-refractivity contribution is 9.10. The zero-order chi connectivity index (χ0) is 19.8. The predicted octanol–water partition coefficient (Wildman–Crippen LogP) is 5.19. The van der Waals surface area contributed by atoms with Gasteiger partial charge in [0.15, 0.2) is 5.82 Å². The molecule has 5 nitrogen and oxygen atoms in total. The number of hydrogen-bond donors (Lipinski definition) is 1. The minimum atomic E-state index is -0.204. The van der Waals surface area contributed by atoms with E-state index in [1.807, 2.05) is 72.9 Å². The van der Waals surface area contributed by atoms with Gasteiger partial charge in [-0.05, 0) is 30.3 Å². The monoisotopic (exact) mass is 442 g/mol. The van der Waals surface area contributed by atoms with Crippen molar-refractivity contribution in [2.24, 2.45) is 5.10 Å². The van der Waals surface area contributed by atoms with Crippen LogP contribution in [0.2, 0.25) is 0 Å². The highest BCUT2D eigenvalue weighted by Gasteiger charge is 2.12. The number of rotatable bonds is 3. The molecule has 29 heavy (non-hydrogen) atoms. The topological polar surface area (TPSA) is 63.0 Å². The van der Waals surface area contributed by atoms with Crippen molar-refractivity contribution in [3.63, 3.8) is 0 Å². The van der Waals surface area contributed by atoms with Crippen LogP contribution in [-0.4, -0.2) is 20.9 Å². The lowest BCUT2D eigenvalue weighted by Crippen LogP contribution is -2.20. The van der Waals surface area contributed by atoms with Gasteiger partial charge in [-0.25, -0.2) is 4.98 Å². The molecule has 0 atom stereocenters. The van der Waals surface area contributed by atoms with Gasteiger partial charge in [-0.3, -0.25) is 4.79 Å². The first-order valence-corrected chi connectivity index (χ1v) is 9.88. The van der Waals surface area contributed by atoms with E-state index in [1.54, 1.807) is 12.3 Å². The average molecular weight is 443 g/mol. The fourth-order valence-electron chi connectivity index (χ4n) is 3.34. The second kappa shape index (κ2) is 7.14. The molecular formula is C23H15BrN4O. The molecule has 2 heterocycles. The SMILES string of the molecule is O=c1c2ccccc2nc(-c2ccc(Br)cc2)n1/N=C/c1c[nH]c2ccccc12. The highest BCUT2D eigenvalue weighted by atomic mass is 79.9. The number of hydrogen-bond acceptors (Lipinski definition) is 3. The molecule has 0 fully saturated rings. The lowest BCUT2D eigenvalue weighted by molar-refractivity contribution is 0.830. The van der Waals surface area contributed by atoms with E-state index < -0.39 is 0 Å². The van der Waals surface area contributed by atoms with Crippen LogP contribution in [0.4, 0.5) is 0 Å². The Kier molecular flexibility index (Phi) is 4.33. The molecule has 3 aromatic carbocycles. The van der Waals surface area contributed by atoms with Gasteiger partial charge < -0.3 is 4.98 Å². The Labute approximate surface area is 174 Å². The summed E-state index contributed by atoms with van der Waals surface area (Å²) in [5.41, 5.74) is 3.18. The molecule has 0 aliphatic carbocycles. The maximum atomic E-state index is 13.2. The Morgan fingerprint density at radius 3 is 2.48 bits per heavy atom. The van der Waals surface area contributed by atoms with Crippen molar-refractivity contribution < 1.29 is 0 Å². The van der Waals surface area contributed by atoms with Gasteiger partial charge in [0.1, 0.15) is 0 Å². The van der Waals surface area contributed by atoms with Crippen LogP contribution in [0.3, 0.4) is 0 Å². The van der Waals surface area contributed by atoms with E-state index in [1.165, 1.54) is 4.68 Å². The third-order valence-corrected chi connectivity index (χ3v) is 5.32. The van der Waals surface area contributed by atoms with Crippen LogP contribution < -0.4 is 5.56 Å². The third-order valence-electron chi connectivity index (χ3n) is 4.79. The van der Waals surface area contributed by atoms with Crippen LogP contribution in [0.15, 0.2) is 93.4 Å². The van der Waals surface area contributed by atoms with E-state index >= 15 is 0 Å². The van der Waals surface area contributed by atoms with Gasteiger partial charge in [-0.1, -0.05) is 58.4 Å². The molecule has 0 saturated carbocycles. The van der Waals surface area contributed by atoms with E-state index in [0.29, 0.717) is 16.7 Å². The molecule has 0 amide bonds. The number of aromatic nitrogens is 3. The molecule has 0 aliphatic rings.